The van der Waals surface area contributed by atoms with Gasteiger partial charge in [-0.3, -0.25) is 4.79 Å². The van der Waals surface area contributed by atoms with Crippen LogP contribution in [0.15, 0.2) is 0 Å². The standard InChI is InChI=1S/C11H20N2O/c1-8-3-2-4-10(5-8)13-11(14)9-6-12-7-9/h8-10,12H,2-7H2,1H3,(H,13,14). The first-order valence-electron chi connectivity index (χ1n) is 5.77. The van der Waals surface area contributed by atoms with Gasteiger partial charge in [-0.05, 0) is 18.8 Å². The van der Waals surface area contributed by atoms with Gasteiger partial charge in [-0.1, -0.05) is 19.8 Å². The number of hydrogen-bond donors (Lipinski definition) is 2. The molecule has 0 spiro atoms. The fourth-order valence-corrected chi connectivity index (χ4v) is 2.36. The Balaban J connectivity index is 1.75. The topological polar surface area (TPSA) is 41.1 Å². The van der Waals surface area contributed by atoms with Crippen LogP contribution in [0.25, 0.3) is 0 Å². The summed E-state index contributed by atoms with van der Waals surface area (Å²) in [6, 6.07) is 0.451. The molecule has 80 valence electrons. The maximum Gasteiger partial charge on any atom is 0.225 e. The van der Waals surface area contributed by atoms with E-state index in [1.807, 2.05) is 0 Å². The van der Waals surface area contributed by atoms with Crippen LogP contribution in [-0.2, 0) is 4.79 Å². The van der Waals surface area contributed by atoms with Gasteiger partial charge in [0, 0.05) is 19.1 Å². The summed E-state index contributed by atoms with van der Waals surface area (Å²) < 4.78 is 0. The fraction of sp³-hybridized carbons (Fsp3) is 0.909. The smallest absolute Gasteiger partial charge is 0.225 e. The first kappa shape index (κ1) is 9.97. The summed E-state index contributed by atoms with van der Waals surface area (Å²) in [6.45, 7) is 4.02. The van der Waals surface area contributed by atoms with Gasteiger partial charge in [0.25, 0.3) is 0 Å². The van der Waals surface area contributed by atoms with Crippen molar-refractivity contribution < 1.29 is 4.79 Å². The molecule has 0 bridgehead atoms. The molecular formula is C11H20N2O. The number of carbonyl (C=O) groups excluding carboxylic acids is 1. The summed E-state index contributed by atoms with van der Waals surface area (Å²) >= 11 is 0. The summed E-state index contributed by atoms with van der Waals surface area (Å²) in [5.41, 5.74) is 0. The maximum atomic E-state index is 11.6. The van der Waals surface area contributed by atoms with Crippen LogP contribution in [0.5, 0.6) is 0 Å². The molecule has 1 heterocycles. The van der Waals surface area contributed by atoms with E-state index < -0.39 is 0 Å². The van der Waals surface area contributed by atoms with Gasteiger partial charge in [0.05, 0.1) is 5.92 Å². The molecule has 2 unspecified atom stereocenters. The molecule has 1 saturated heterocycles. The average molecular weight is 196 g/mol. The highest BCUT2D eigenvalue weighted by atomic mass is 16.2. The van der Waals surface area contributed by atoms with Crippen molar-refractivity contribution in [2.24, 2.45) is 11.8 Å². The molecule has 0 radical (unpaired) electrons. The Labute approximate surface area is 85.6 Å². The lowest BCUT2D eigenvalue weighted by molar-refractivity contribution is -0.127. The van der Waals surface area contributed by atoms with Crippen LogP contribution in [0.1, 0.15) is 32.6 Å². The Hall–Kier alpha value is -0.570. The highest BCUT2D eigenvalue weighted by molar-refractivity contribution is 5.80. The second kappa shape index (κ2) is 4.30. The molecule has 2 atom stereocenters. The lowest BCUT2D eigenvalue weighted by Gasteiger charge is -2.31. The van der Waals surface area contributed by atoms with E-state index in [4.69, 9.17) is 0 Å². The van der Waals surface area contributed by atoms with Gasteiger partial charge in [0.1, 0.15) is 0 Å². The SMILES string of the molecule is CC1CCCC(NC(=O)C2CNC2)C1. The Bertz CT molecular complexity index is 213. The van der Waals surface area contributed by atoms with E-state index in [0.29, 0.717) is 6.04 Å². The van der Waals surface area contributed by atoms with Crippen molar-refractivity contribution in [1.82, 2.24) is 10.6 Å². The third-order valence-electron chi connectivity index (χ3n) is 3.44. The molecule has 2 aliphatic rings. The van der Waals surface area contributed by atoms with Gasteiger partial charge in [0.2, 0.25) is 5.91 Å². The molecule has 1 saturated carbocycles. The molecule has 3 heteroatoms. The zero-order chi connectivity index (χ0) is 9.97. The minimum atomic E-state index is 0.243. The summed E-state index contributed by atoms with van der Waals surface area (Å²) in [5, 5.41) is 6.30. The lowest BCUT2D eigenvalue weighted by atomic mass is 9.86. The summed E-state index contributed by atoms with van der Waals surface area (Å²) in [7, 11) is 0. The second-order valence-corrected chi connectivity index (χ2v) is 4.83. The monoisotopic (exact) mass is 196 g/mol. The predicted octanol–water partition coefficient (Wildman–Crippen LogP) is 0.901. The van der Waals surface area contributed by atoms with Crippen molar-refractivity contribution in [3.8, 4) is 0 Å². The van der Waals surface area contributed by atoms with E-state index in [0.717, 1.165) is 19.0 Å². The largest absolute Gasteiger partial charge is 0.353 e. The van der Waals surface area contributed by atoms with Crippen LogP contribution in [0, 0.1) is 11.8 Å². The van der Waals surface area contributed by atoms with Gasteiger partial charge < -0.3 is 10.6 Å². The molecule has 0 aromatic heterocycles. The third-order valence-corrected chi connectivity index (χ3v) is 3.44. The third kappa shape index (κ3) is 2.27. The van der Waals surface area contributed by atoms with Crippen LogP contribution in [0.2, 0.25) is 0 Å². The van der Waals surface area contributed by atoms with E-state index >= 15 is 0 Å². The highest BCUT2D eigenvalue weighted by Gasteiger charge is 2.28. The van der Waals surface area contributed by atoms with E-state index in [2.05, 4.69) is 17.6 Å². The van der Waals surface area contributed by atoms with Crippen LogP contribution < -0.4 is 10.6 Å². The summed E-state index contributed by atoms with van der Waals surface area (Å²) in [4.78, 5) is 11.6. The average Bonchev–Trinajstić information content (AvgIpc) is 1.99. The lowest BCUT2D eigenvalue weighted by Crippen LogP contribution is -2.53. The number of nitrogens with one attached hydrogen (secondary N) is 2. The molecule has 2 N–H and O–H groups in total. The van der Waals surface area contributed by atoms with Crippen molar-refractivity contribution in [2.45, 2.75) is 38.6 Å². The van der Waals surface area contributed by atoms with Crippen molar-refractivity contribution in [3.63, 3.8) is 0 Å². The van der Waals surface area contributed by atoms with E-state index in [9.17, 15) is 4.79 Å². The molecule has 1 amide bonds. The number of hydrogen-bond acceptors (Lipinski definition) is 2. The van der Waals surface area contributed by atoms with Gasteiger partial charge in [-0.25, -0.2) is 0 Å². The molecular weight excluding hydrogens is 176 g/mol. The van der Waals surface area contributed by atoms with Crippen LogP contribution in [-0.4, -0.2) is 25.0 Å². The Morgan fingerprint density at radius 2 is 2.14 bits per heavy atom. The predicted molar refractivity (Wildman–Crippen MR) is 55.9 cm³/mol. The van der Waals surface area contributed by atoms with Gasteiger partial charge in [-0.15, -0.1) is 0 Å². The Kier molecular flexibility index (Phi) is 3.06. The van der Waals surface area contributed by atoms with Gasteiger partial charge in [0.15, 0.2) is 0 Å². The maximum absolute atomic E-state index is 11.6. The zero-order valence-corrected chi connectivity index (χ0v) is 8.88. The van der Waals surface area contributed by atoms with Crippen molar-refractivity contribution in [1.29, 1.82) is 0 Å². The molecule has 0 aromatic rings. The quantitative estimate of drug-likeness (QED) is 0.689. The normalized spacial score (nSPS) is 33.5. The molecule has 2 fully saturated rings. The van der Waals surface area contributed by atoms with Crippen LogP contribution >= 0.6 is 0 Å². The minimum Gasteiger partial charge on any atom is -0.353 e. The van der Waals surface area contributed by atoms with E-state index in [-0.39, 0.29) is 11.8 Å². The Morgan fingerprint density at radius 1 is 1.36 bits per heavy atom. The second-order valence-electron chi connectivity index (χ2n) is 4.83. The molecule has 14 heavy (non-hydrogen) atoms. The highest BCUT2D eigenvalue weighted by Crippen LogP contribution is 2.23. The summed E-state index contributed by atoms with van der Waals surface area (Å²) in [5.74, 6) is 1.30. The first-order chi connectivity index (χ1) is 6.75. The van der Waals surface area contributed by atoms with Crippen molar-refractivity contribution in [3.05, 3.63) is 0 Å². The van der Waals surface area contributed by atoms with E-state index in [1.165, 1.54) is 25.7 Å². The van der Waals surface area contributed by atoms with E-state index in [1.54, 1.807) is 0 Å². The number of carbonyl (C=O) groups is 1. The van der Waals surface area contributed by atoms with Crippen molar-refractivity contribution in [2.75, 3.05) is 13.1 Å². The molecule has 0 aromatic carbocycles. The first-order valence-corrected chi connectivity index (χ1v) is 5.77. The van der Waals surface area contributed by atoms with Crippen molar-refractivity contribution >= 4 is 5.91 Å². The minimum absolute atomic E-state index is 0.243. The molecule has 3 nitrogen and oxygen atoms in total. The number of rotatable bonds is 2. The van der Waals surface area contributed by atoms with Crippen LogP contribution in [0.3, 0.4) is 0 Å². The fourth-order valence-electron chi connectivity index (χ4n) is 2.36. The Morgan fingerprint density at radius 3 is 2.71 bits per heavy atom. The molecule has 2 rings (SSSR count). The summed E-state index contributed by atoms with van der Waals surface area (Å²) in [6.07, 6.45) is 4.95. The van der Waals surface area contributed by atoms with Crippen LogP contribution in [0.4, 0.5) is 0 Å². The zero-order valence-electron chi connectivity index (χ0n) is 8.88. The van der Waals surface area contributed by atoms with Gasteiger partial charge >= 0.3 is 0 Å². The molecule has 1 aliphatic carbocycles. The van der Waals surface area contributed by atoms with Gasteiger partial charge in [-0.2, -0.15) is 0 Å². The number of amides is 1. The molecule has 1 aliphatic heterocycles.